The van der Waals surface area contributed by atoms with Crippen LogP contribution in [0.25, 0.3) is 0 Å². The van der Waals surface area contributed by atoms with Crippen LogP contribution in [0.5, 0.6) is 0 Å². The first-order valence-corrected chi connectivity index (χ1v) is 7.19. The quantitative estimate of drug-likeness (QED) is 0.663. The van der Waals surface area contributed by atoms with Gasteiger partial charge in [-0.25, -0.2) is 4.79 Å². The number of hydrogen-bond donors (Lipinski definition) is 0. The van der Waals surface area contributed by atoms with Crippen LogP contribution in [0, 0.1) is 3.57 Å². The highest BCUT2D eigenvalue weighted by molar-refractivity contribution is 14.1. The van der Waals surface area contributed by atoms with E-state index in [4.69, 9.17) is 4.74 Å². The normalized spacial score (nSPS) is 15.2. The third-order valence-electron chi connectivity index (χ3n) is 2.87. The molecule has 1 amide bonds. The molecule has 1 aliphatic heterocycles. The van der Waals surface area contributed by atoms with Gasteiger partial charge in [0.1, 0.15) is 5.60 Å². The number of hydrogen-bond acceptors (Lipinski definition) is 2. The van der Waals surface area contributed by atoms with Crippen LogP contribution in [0.4, 0.5) is 4.79 Å². The van der Waals surface area contributed by atoms with E-state index in [1.54, 1.807) is 4.90 Å². The molecule has 0 atom stereocenters. The molecule has 0 aromatic heterocycles. The summed E-state index contributed by atoms with van der Waals surface area (Å²) < 4.78 is 6.64. The summed E-state index contributed by atoms with van der Waals surface area (Å²) >= 11 is 2.33. The second-order valence-corrected chi connectivity index (χ2v) is 6.69. The maximum atomic E-state index is 12.0. The molecule has 1 aliphatic rings. The Balaban J connectivity index is 2.12. The highest BCUT2D eigenvalue weighted by Gasteiger charge is 2.26. The average molecular weight is 359 g/mol. The van der Waals surface area contributed by atoms with Crippen LogP contribution in [0.1, 0.15) is 31.9 Å². The molecule has 1 aromatic rings. The number of benzene rings is 1. The van der Waals surface area contributed by atoms with Crippen molar-refractivity contribution in [2.24, 2.45) is 0 Å². The topological polar surface area (TPSA) is 29.5 Å². The first kappa shape index (κ1) is 13.6. The Morgan fingerprint density at radius 3 is 2.78 bits per heavy atom. The minimum absolute atomic E-state index is 0.215. The van der Waals surface area contributed by atoms with E-state index < -0.39 is 5.60 Å². The Hall–Kier alpha value is -0.780. The van der Waals surface area contributed by atoms with E-state index in [1.165, 1.54) is 14.7 Å². The zero-order chi connectivity index (χ0) is 13.3. The largest absolute Gasteiger partial charge is 0.444 e. The maximum Gasteiger partial charge on any atom is 0.410 e. The summed E-state index contributed by atoms with van der Waals surface area (Å²) in [6.07, 6.45) is 0.693. The monoisotopic (exact) mass is 359 g/mol. The molecule has 0 N–H and O–H groups in total. The predicted octanol–water partition coefficient (Wildman–Crippen LogP) is 3.58. The van der Waals surface area contributed by atoms with Crippen LogP contribution in [0.2, 0.25) is 0 Å². The molecule has 18 heavy (non-hydrogen) atoms. The lowest BCUT2D eigenvalue weighted by atomic mass is 10.0. The Kier molecular flexibility index (Phi) is 3.84. The summed E-state index contributed by atoms with van der Waals surface area (Å²) in [5, 5.41) is 0. The van der Waals surface area contributed by atoms with Gasteiger partial charge in [-0.2, -0.15) is 0 Å². The lowest BCUT2D eigenvalue weighted by Crippen LogP contribution is -2.40. The molecular formula is C14H18INO2. The highest BCUT2D eigenvalue weighted by atomic mass is 127. The van der Waals surface area contributed by atoms with Gasteiger partial charge in [0.25, 0.3) is 0 Å². The Morgan fingerprint density at radius 2 is 2.11 bits per heavy atom. The zero-order valence-electron chi connectivity index (χ0n) is 11.0. The van der Waals surface area contributed by atoms with E-state index in [0.29, 0.717) is 6.54 Å². The van der Waals surface area contributed by atoms with Gasteiger partial charge in [-0.05, 0) is 67.0 Å². The molecule has 1 heterocycles. The van der Waals surface area contributed by atoms with Crippen molar-refractivity contribution in [3.8, 4) is 0 Å². The van der Waals surface area contributed by atoms with Gasteiger partial charge in [0.05, 0.1) is 6.54 Å². The van der Waals surface area contributed by atoms with Crippen LogP contribution in [-0.2, 0) is 17.7 Å². The SMILES string of the molecule is CC(C)(C)OC(=O)N1CCc2cccc(I)c2C1. The van der Waals surface area contributed by atoms with Crippen molar-refractivity contribution in [2.75, 3.05) is 6.54 Å². The van der Waals surface area contributed by atoms with Gasteiger partial charge in [0, 0.05) is 10.1 Å². The van der Waals surface area contributed by atoms with Crippen molar-refractivity contribution in [2.45, 2.75) is 39.3 Å². The third kappa shape index (κ3) is 3.16. The molecule has 0 spiro atoms. The third-order valence-corrected chi connectivity index (χ3v) is 3.88. The minimum atomic E-state index is -0.429. The van der Waals surface area contributed by atoms with E-state index in [-0.39, 0.29) is 6.09 Å². The van der Waals surface area contributed by atoms with E-state index >= 15 is 0 Å². The predicted molar refractivity (Wildman–Crippen MR) is 79.5 cm³/mol. The number of carbonyl (C=O) groups is 1. The van der Waals surface area contributed by atoms with Crippen molar-refractivity contribution in [1.82, 2.24) is 4.90 Å². The molecule has 0 saturated carbocycles. The van der Waals surface area contributed by atoms with Gasteiger partial charge in [-0.1, -0.05) is 12.1 Å². The van der Waals surface area contributed by atoms with Crippen molar-refractivity contribution in [3.05, 3.63) is 32.9 Å². The zero-order valence-corrected chi connectivity index (χ0v) is 13.2. The van der Waals surface area contributed by atoms with E-state index in [1.807, 2.05) is 20.8 Å². The summed E-state index contributed by atoms with van der Waals surface area (Å²) in [6.45, 7) is 7.08. The number of rotatable bonds is 0. The number of halogens is 1. The summed E-state index contributed by atoms with van der Waals surface area (Å²) in [6, 6.07) is 6.30. The van der Waals surface area contributed by atoms with E-state index in [9.17, 15) is 4.79 Å². The highest BCUT2D eigenvalue weighted by Crippen LogP contribution is 2.25. The Bertz CT molecular complexity index is 465. The van der Waals surface area contributed by atoms with Crippen molar-refractivity contribution < 1.29 is 9.53 Å². The van der Waals surface area contributed by atoms with Crippen LogP contribution in [-0.4, -0.2) is 23.1 Å². The van der Waals surface area contributed by atoms with Gasteiger partial charge in [0.2, 0.25) is 0 Å². The molecule has 0 aliphatic carbocycles. The molecular weight excluding hydrogens is 341 g/mol. The fourth-order valence-corrected chi connectivity index (χ4v) is 2.75. The molecule has 0 saturated heterocycles. The second-order valence-electron chi connectivity index (χ2n) is 5.53. The number of fused-ring (bicyclic) bond motifs is 1. The van der Waals surface area contributed by atoms with Gasteiger partial charge < -0.3 is 9.64 Å². The smallest absolute Gasteiger partial charge is 0.410 e. The second kappa shape index (κ2) is 5.07. The number of ether oxygens (including phenoxy) is 1. The molecule has 98 valence electrons. The van der Waals surface area contributed by atoms with Gasteiger partial charge in [-0.15, -0.1) is 0 Å². The minimum Gasteiger partial charge on any atom is -0.444 e. The fraction of sp³-hybridized carbons (Fsp3) is 0.500. The van der Waals surface area contributed by atoms with Gasteiger partial charge in [-0.3, -0.25) is 0 Å². The summed E-state index contributed by atoms with van der Waals surface area (Å²) in [5.41, 5.74) is 2.18. The average Bonchev–Trinajstić information content (AvgIpc) is 2.27. The fourth-order valence-electron chi connectivity index (χ4n) is 2.02. The van der Waals surface area contributed by atoms with Gasteiger partial charge >= 0.3 is 6.09 Å². The molecule has 0 bridgehead atoms. The number of carbonyl (C=O) groups excluding carboxylic acids is 1. The van der Waals surface area contributed by atoms with Crippen LogP contribution >= 0.6 is 22.6 Å². The Labute approximate surface area is 122 Å². The lowest BCUT2D eigenvalue weighted by molar-refractivity contribution is 0.0223. The van der Waals surface area contributed by atoms with Crippen LogP contribution < -0.4 is 0 Å². The van der Waals surface area contributed by atoms with E-state index in [0.717, 1.165) is 13.0 Å². The molecule has 0 fully saturated rings. The van der Waals surface area contributed by atoms with Crippen LogP contribution in [0.3, 0.4) is 0 Å². The molecule has 3 nitrogen and oxygen atoms in total. The summed E-state index contributed by atoms with van der Waals surface area (Å²) in [5.74, 6) is 0. The lowest BCUT2D eigenvalue weighted by Gasteiger charge is -2.31. The number of amides is 1. The molecule has 1 aromatic carbocycles. The number of nitrogens with zero attached hydrogens (tertiary/aromatic N) is 1. The Morgan fingerprint density at radius 1 is 1.39 bits per heavy atom. The van der Waals surface area contributed by atoms with E-state index in [2.05, 4.69) is 40.8 Å². The van der Waals surface area contributed by atoms with Crippen molar-refractivity contribution in [3.63, 3.8) is 0 Å². The molecule has 4 heteroatoms. The molecule has 2 rings (SSSR count). The first-order chi connectivity index (χ1) is 8.37. The van der Waals surface area contributed by atoms with Crippen molar-refractivity contribution in [1.29, 1.82) is 0 Å². The van der Waals surface area contributed by atoms with Crippen LogP contribution in [0.15, 0.2) is 18.2 Å². The maximum absolute atomic E-state index is 12.0. The molecule has 0 radical (unpaired) electrons. The summed E-state index contributed by atoms with van der Waals surface area (Å²) in [7, 11) is 0. The standard InChI is InChI=1S/C14H18INO2/c1-14(2,3)18-13(17)16-8-7-10-5-4-6-12(15)11(10)9-16/h4-6H,7-9H2,1-3H3. The van der Waals surface area contributed by atoms with Crippen molar-refractivity contribution >= 4 is 28.7 Å². The first-order valence-electron chi connectivity index (χ1n) is 6.11. The van der Waals surface area contributed by atoms with Gasteiger partial charge in [0.15, 0.2) is 0 Å². The molecule has 0 unspecified atom stereocenters. The summed E-state index contributed by atoms with van der Waals surface area (Å²) in [4.78, 5) is 13.8.